The highest BCUT2D eigenvalue weighted by Crippen LogP contribution is 2.13. The zero-order valence-electron chi connectivity index (χ0n) is 13.5. The van der Waals surface area contributed by atoms with Crippen molar-refractivity contribution in [2.75, 3.05) is 13.9 Å². The number of carbonyl (C=O) groups excluding carboxylic acids is 1. The molecule has 0 bridgehead atoms. The maximum absolute atomic E-state index is 12.0. The van der Waals surface area contributed by atoms with Crippen LogP contribution in [0.25, 0.3) is 0 Å². The van der Waals surface area contributed by atoms with Crippen LogP contribution in [-0.4, -0.2) is 43.2 Å². The molecule has 0 saturated carbocycles. The molecule has 0 aliphatic carbocycles. The molecule has 124 valence electrons. The van der Waals surface area contributed by atoms with E-state index < -0.39 is 24.1 Å². The number of carboxylic acid groups (broad SMARTS) is 1. The van der Waals surface area contributed by atoms with Gasteiger partial charge in [-0.2, -0.15) is 0 Å². The number of rotatable bonds is 10. The summed E-state index contributed by atoms with van der Waals surface area (Å²) in [7, 11) is 1.49. The molecule has 0 aliphatic heterocycles. The van der Waals surface area contributed by atoms with Gasteiger partial charge in [-0.25, -0.2) is 4.79 Å². The highest BCUT2D eigenvalue weighted by atomic mass is 16.7. The topological polar surface area (TPSA) is 82.1 Å². The van der Waals surface area contributed by atoms with Crippen molar-refractivity contribution < 1.29 is 28.9 Å². The van der Waals surface area contributed by atoms with Gasteiger partial charge < -0.3 is 19.3 Å². The number of carboxylic acids is 1. The van der Waals surface area contributed by atoms with Gasteiger partial charge in [-0.1, -0.05) is 17.7 Å². The quantitative estimate of drug-likeness (QED) is 0.289. The van der Waals surface area contributed by atoms with Crippen molar-refractivity contribution >= 4 is 11.9 Å². The van der Waals surface area contributed by atoms with Crippen LogP contribution in [0.1, 0.15) is 27.2 Å². The van der Waals surface area contributed by atoms with E-state index in [1.165, 1.54) is 26.2 Å². The molecule has 0 radical (unpaired) electrons. The van der Waals surface area contributed by atoms with Crippen LogP contribution in [-0.2, 0) is 23.8 Å². The summed E-state index contributed by atoms with van der Waals surface area (Å²) in [6.45, 7) is 8.93. The van der Waals surface area contributed by atoms with E-state index in [0.717, 1.165) is 5.57 Å². The molecule has 1 N–H and O–H groups in total. The highest BCUT2D eigenvalue weighted by Gasteiger charge is 2.22. The average Bonchev–Trinajstić information content (AvgIpc) is 2.44. The van der Waals surface area contributed by atoms with Crippen molar-refractivity contribution in [3.05, 3.63) is 36.0 Å². The Bertz CT molecular complexity index is 446. The zero-order valence-corrected chi connectivity index (χ0v) is 13.5. The monoisotopic (exact) mass is 312 g/mol. The SMILES string of the molecule is C=C[C@H](OCOC)[C@H](C=C(C)C)OC(=O)/C(C)=C/CC(=O)O. The van der Waals surface area contributed by atoms with Crippen LogP contribution in [0.3, 0.4) is 0 Å². The van der Waals surface area contributed by atoms with E-state index in [2.05, 4.69) is 6.58 Å². The number of aliphatic carboxylic acids is 1. The van der Waals surface area contributed by atoms with Crippen LogP contribution in [0.15, 0.2) is 36.0 Å². The van der Waals surface area contributed by atoms with Crippen LogP contribution >= 0.6 is 0 Å². The first-order chi connectivity index (χ1) is 10.3. The third kappa shape index (κ3) is 8.39. The number of esters is 1. The van der Waals surface area contributed by atoms with Crippen molar-refractivity contribution in [2.45, 2.75) is 39.4 Å². The molecule has 0 spiro atoms. The molecule has 0 heterocycles. The maximum atomic E-state index is 12.0. The number of hydrogen-bond donors (Lipinski definition) is 1. The molecule has 0 amide bonds. The van der Waals surface area contributed by atoms with Gasteiger partial charge in [0.15, 0.2) is 6.10 Å². The fraction of sp³-hybridized carbons (Fsp3) is 0.500. The summed E-state index contributed by atoms with van der Waals surface area (Å²) in [6.07, 6.45) is 3.10. The van der Waals surface area contributed by atoms with Gasteiger partial charge in [-0.15, -0.1) is 6.58 Å². The van der Waals surface area contributed by atoms with Crippen molar-refractivity contribution in [2.24, 2.45) is 0 Å². The van der Waals surface area contributed by atoms with E-state index in [1.807, 2.05) is 13.8 Å². The molecule has 0 saturated heterocycles. The van der Waals surface area contributed by atoms with Crippen molar-refractivity contribution in [1.29, 1.82) is 0 Å². The molecular formula is C16H24O6. The van der Waals surface area contributed by atoms with Gasteiger partial charge in [-0.05, 0) is 26.8 Å². The molecule has 0 rings (SSSR count). The summed E-state index contributed by atoms with van der Waals surface area (Å²) >= 11 is 0. The van der Waals surface area contributed by atoms with E-state index in [1.54, 1.807) is 6.08 Å². The first-order valence-electron chi connectivity index (χ1n) is 6.79. The van der Waals surface area contributed by atoms with E-state index in [4.69, 9.17) is 19.3 Å². The fourth-order valence-electron chi connectivity index (χ4n) is 1.51. The van der Waals surface area contributed by atoms with Gasteiger partial charge in [0.05, 0.1) is 6.42 Å². The Morgan fingerprint density at radius 3 is 2.32 bits per heavy atom. The molecule has 0 unspecified atom stereocenters. The molecule has 0 aliphatic rings. The number of allylic oxidation sites excluding steroid dienone is 1. The molecule has 0 aromatic heterocycles. The summed E-state index contributed by atoms with van der Waals surface area (Å²) in [6, 6.07) is 0. The van der Waals surface area contributed by atoms with Crippen molar-refractivity contribution in [3.8, 4) is 0 Å². The van der Waals surface area contributed by atoms with E-state index in [-0.39, 0.29) is 18.8 Å². The maximum Gasteiger partial charge on any atom is 0.334 e. The summed E-state index contributed by atoms with van der Waals surface area (Å²) in [4.78, 5) is 22.5. The lowest BCUT2D eigenvalue weighted by Gasteiger charge is -2.22. The van der Waals surface area contributed by atoms with Crippen LogP contribution < -0.4 is 0 Å². The molecule has 2 atom stereocenters. The van der Waals surface area contributed by atoms with Gasteiger partial charge in [0.25, 0.3) is 0 Å². The number of methoxy groups -OCH3 is 1. The van der Waals surface area contributed by atoms with Gasteiger partial charge >= 0.3 is 11.9 Å². The van der Waals surface area contributed by atoms with Gasteiger partial charge in [0.1, 0.15) is 12.9 Å². The first kappa shape index (κ1) is 20.1. The minimum absolute atomic E-state index is 0.0369. The summed E-state index contributed by atoms with van der Waals surface area (Å²) in [5.41, 5.74) is 1.17. The lowest BCUT2D eigenvalue weighted by Crippen LogP contribution is -2.31. The molecule has 0 aromatic rings. The summed E-state index contributed by atoms with van der Waals surface area (Å²) in [5.74, 6) is -1.61. The third-order valence-corrected chi connectivity index (χ3v) is 2.58. The molecule has 22 heavy (non-hydrogen) atoms. The van der Waals surface area contributed by atoms with E-state index in [0.29, 0.717) is 0 Å². The Morgan fingerprint density at radius 2 is 1.86 bits per heavy atom. The normalized spacial score (nSPS) is 13.9. The molecule has 6 nitrogen and oxygen atoms in total. The Kier molecular flexibility index (Phi) is 9.82. The Hall–Kier alpha value is -1.92. The van der Waals surface area contributed by atoms with Crippen LogP contribution in [0.5, 0.6) is 0 Å². The average molecular weight is 312 g/mol. The number of ether oxygens (including phenoxy) is 3. The zero-order chi connectivity index (χ0) is 17.1. The largest absolute Gasteiger partial charge is 0.481 e. The van der Waals surface area contributed by atoms with Gasteiger partial charge in [-0.3, -0.25) is 4.79 Å². The summed E-state index contributed by atoms with van der Waals surface area (Å²) < 4.78 is 15.6. The standard InChI is InChI=1S/C16H24O6/c1-6-13(21-10-20-5)14(9-11(2)3)22-16(19)12(4)7-8-15(17)18/h6-7,9,13-14H,1,8,10H2,2-5H3,(H,17,18)/b12-7+/t13-,14-/m0/s1. The second-order valence-corrected chi connectivity index (χ2v) is 4.87. The molecular weight excluding hydrogens is 288 g/mol. The summed E-state index contributed by atoms with van der Waals surface area (Å²) in [5, 5.41) is 8.62. The molecule has 0 aromatic carbocycles. The predicted octanol–water partition coefficient (Wildman–Crippen LogP) is 2.46. The Balaban J connectivity index is 5.01. The molecule has 6 heteroatoms. The Morgan fingerprint density at radius 1 is 1.23 bits per heavy atom. The van der Waals surface area contributed by atoms with E-state index >= 15 is 0 Å². The number of hydrogen-bond acceptors (Lipinski definition) is 5. The van der Waals surface area contributed by atoms with E-state index in [9.17, 15) is 9.59 Å². The first-order valence-corrected chi connectivity index (χ1v) is 6.79. The predicted molar refractivity (Wildman–Crippen MR) is 82.3 cm³/mol. The fourth-order valence-corrected chi connectivity index (χ4v) is 1.51. The Labute approximate surface area is 131 Å². The lowest BCUT2D eigenvalue weighted by atomic mass is 10.1. The second kappa shape index (κ2) is 10.8. The van der Waals surface area contributed by atoms with Crippen LogP contribution in [0.2, 0.25) is 0 Å². The number of carbonyl (C=O) groups is 2. The molecule has 0 fully saturated rings. The highest BCUT2D eigenvalue weighted by molar-refractivity contribution is 5.88. The van der Waals surface area contributed by atoms with Gasteiger partial charge in [0, 0.05) is 12.7 Å². The third-order valence-electron chi connectivity index (χ3n) is 2.58. The minimum Gasteiger partial charge on any atom is -0.481 e. The second-order valence-electron chi connectivity index (χ2n) is 4.87. The van der Waals surface area contributed by atoms with Crippen molar-refractivity contribution in [3.63, 3.8) is 0 Å². The lowest BCUT2D eigenvalue weighted by molar-refractivity contribution is -0.151. The van der Waals surface area contributed by atoms with Crippen molar-refractivity contribution in [1.82, 2.24) is 0 Å². The van der Waals surface area contributed by atoms with Gasteiger partial charge in [0.2, 0.25) is 0 Å². The minimum atomic E-state index is -1.01. The van der Waals surface area contributed by atoms with Crippen LogP contribution in [0.4, 0.5) is 0 Å². The smallest absolute Gasteiger partial charge is 0.334 e. The van der Waals surface area contributed by atoms with Crippen LogP contribution in [0, 0.1) is 0 Å².